The summed E-state index contributed by atoms with van der Waals surface area (Å²) in [5.41, 5.74) is 10.5. The summed E-state index contributed by atoms with van der Waals surface area (Å²) in [5, 5.41) is 5.46. The van der Waals surface area contributed by atoms with Gasteiger partial charge in [0.2, 0.25) is 0 Å². The van der Waals surface area contributed by atoms with Gasteiger partial charge < -0.3 is 16.8 Å². The first-order valence-corrected chi connectivity index (χ1v) is 6.99. The Morgan fingerprint density at radius 3 is 2.50 bits per heavy atom. The molecule has 4 amide bonds. The lowest BCUT2D eigenvalue weighted by atomic mass is 10.2. The molecule has 2 rings (SSSR count). The number of amides is 4. The number of urea groups is 1. The number of hydrogen-bond acceptors (Lipinski definition) is 5. The summed E-state index contributed by atoms with van der Waals surface area (Å²) in [6.07, 6.45) is 2.75. The molecule has 0 radical (unpaired) electrons. The molecule has 0 saturated carbocycles. The van der Waals surface area contributed by atoms with E-state index < -0.39 is 17.8 Å². The number of rotatable bonds is 4. The van der Waals surface area contributed by atoms with E-state index >= 15 is 0 Å². The van der Waals surface area contributed by atoms with E-state index in [1.807, 2.05) is 0 Å². The Hall–Kier alpha value is -2.65. The molecule has 10 heteroatoms. The molecule has 2 aromatic heterocycles. The fourth-order valence-electron chi connectivity index (χ4n) is 1.58. The molecule has 0 aromatic carbocycles. The molecular formula is C12H10ClN5O3S. The molecule has 0 atom stereocenters. The number of hydrogen-bond donors (Lipinski definition) is 4. The number of halogens is 1. The van der Waals surface area contributed by atoms with Gasteiger partial charge in [0, 0.05) is 12.4 Å². The molecule has 0 aliphatic heterocycles. The minimum Gasteiger partial charge on any atom is -0.366 e. The van der Waals surface area contributed by atoms with Crippen LogP contribution in [0, 0.1) is 0 Å². The van der Waals surface area contributed by atoms with Crippen LogP contribution in [0.25, 0.3) is 0 Å². The Kier molecular flexibility index (Phi) is 4.59. The molecule has 6 N–H and O–H groups in total. The van der Waals surface area contributed by atoms with E-state index in [9.17, 15) is 14.4 Å². The molecule has 2 heterocycles. The van der Waals surface area contributed by atoms with Crippen molar-refractivity contribution >= 4 is 50.8 Å². The second kappa shape index (κ2) is 6.41. The van der Waals surface area contributed by atoms with Gasteiger partial charge in [-0.3, -0.25) is 19.9 Å². The van der Waals surface area contributed by atoms with Crippen LogP contribution in [0.15, 0.2) is 24.5 Å². The summed E-state index contributed by atoms with van der Waals surface area (Å²) >= 11 is 6.82. The standard InChI is InChI=1S/C12H10ClN5O3S/c13-7-4-16-2-1-5(7)10(20)17-8-3-6(9(14)19)11(22-8)18-12(15)21/h1-4H,(H2,14,19)(H,17,20)(H3,15,18,21). The molecule has 2 aromatic rings. The average molecular weight is 340 g/mol. The number of carbonyl (C=O) groups is 3. The van der Waals surface area contributed by atoms with E-state index in [4.69, 9.17) is 23.1 Å². The van der Waals surface area contributed by atoms with Gasteiger partial charge in [0.1, 0.15) is 5.00 Å². The van der Waals surface area contributed by atoms with Crippen LogP contribution in [-0.2, 0) is 0 Å². The van der Waals surface area contributed by atoms with E-state index in [1.165, 1.54) is 24.5 Å². The highest BCUT2D eigenvalue weighted by Crippen LogP contribution is 2.32. The minimum atomic E-state index is -0.848. The van der Waals surface area contributed by atoms with Crippen LogP contribution in [0.5, 0.6) is 0 Å². The molecule has 0 aliphatic rings. The van der Waals surface area contributed by atoms with Gasteiger partial charge in [0.15, 0.2) is 0 Å². The molecular weight excluding hydrogens is 330 g/mol. The number of nitrogens with one attached hydrogen (secondary N) is 2. The Balaban J connectivity index is 2.26. The lowest BCUT2D eigenvalue weighted by molar-refractivity contribution is 0.0997. The predicted octanol–water partition coefficient (Wildman–Crippen LogP) is 1.64. The third kappa shape index (κ3) is 3.51. The number of nitrogens with two attached hydrogens (primary N) is 2. The van der Waals surface area contributed by atoms with Gasteiger partial charge >= 0.3 is 6.03 Å². The van der Waals surface area contributed by atoms with E-state index in [1.54, 1.807) is 0 Å². The van der Waals surface area contributed by atoms with Crippen molar-refractivity contribution in [1.82, 2.24) is 4.98 Å². The van der Waals surface area contributed by atoms with Crippen LogP contribution < -0.4 is 22.1 Å². The number of nitrogens with zero attached hydrogens (tertiary/aromatic N) is 1. The number of carbonyl (C=O) groups excluding carboxylic acids is 3. The highest BCUT2D eigenvalue weighted by molar-refractivity contribution is 7.20. The molecule has 0 aliphatic carbocycles. The zero-order chi connectivity index (χ0) is 16.3. The van der Waals surface area contributed by atoms with E-state index in [0.29, 0.717) is 5.00 Å². The maximum absolute atomic E-state index is 12.1. The third-order valence-corrected chi connectivity index (χ3v) is 3.76. The first kappa shape index (κ1) is 15.7. The molecule has 0 fully saturated rings. The van der Waals surface area contributed by atoms with Crippen LogP contribution in [0.3, 0.4) is 0 Å². The van der Waals surface area contributed by atoms with Crippen molar-refractivity contribution in [3.63, 3.8) is 0 Å². The smallest absolute Gasteiger partial charge is 0.317 e. The summed E-state index contributed by atoms with van der Waals surface area (Å²) in [7, 11) is 0. The Morgan fingerprint density at radius 1 is 1.18 bits per heavy atom. The van der Waals surface area contributed by atoms with Crippen LogP contribution in [-0.4, -0.2) is 22.8 Å². The topological polar surface area (TPSA) is 140 Å². The van der Waals surface area contributed by atoms with Crippen molar-refractivity contribution in [3.05, 3.63) is 40.7 Å². The van der Waals surface area contributed by atoms with E-state index in [-0.39, 0.29) is 21.2 Å². The molecule has 0 spiro atoms. The van der Waals surface area contributed by atoms with Crippen LogP contribution in [0.2, 0.25) is 5.02 Å². The summed E-state index contributed by atoms with van der Waals surface area (Å²) in [6.45, 7) is 0. The number of thiophene rings is 1. The minimum absolute atomic E-state index is 0.0416. The molecule has 0 bridgehead atoms. The van der Waals surface area contributed by atoms with Gasteiger partial charge in [-0.1, -0.05) is 22.9 Å². The molecule has 114 valence electrons. The van der Waals surface area contributed by atoms with Crippen LogP contribution >= 0.6 is 22.9 Å². The quantitative estimate of drug-likeness (QED) is 0.671. The van der Waals surface area contributed by atoms with Gasteiger partial charge in [-0.25, -0.2) is 4.79 Å². The van der Waals surface area contributed by atoms with Crippen molar-refractivity contribution < 1.29 is 14.4 Å². The predicted molar refractivity (Wildman–Crippen MR) is 83.2 cm³/mol. The largest absolute Gasteiger partial charge is 0.366 e. The second-order valence-corrected chi connectivity index (χ2v) is 5.48. The normalized spacial score (nSPS) is 10.0. The van der Waals surface area contributed by atoms with E-state index in [0.717, 1.165) is 11.3 Å². The zero-order valence-corrected chi connectivity index (χ0v) is 12.5. The van der Waals surface area contributed by atoms with Gasteiger partial charge in [-0.05, 0) is 12.1 Å². The Bertz CT molecular complexity index is 761. The molecule has 22 heavy (non-hydrogen) atoms. The summed E-state index contributed by atoms with van der Waals surface area (Å²) < 4.78 is 0. The van der Waals surface area contributed by atoms with Crippen LogP contribution in [0.1, 0.15) is 20.7 Å². The van der Waals surface area contributed by atoms with E-state index in [2.05, 4.69) is 15.6 Å². The molecule has 0 unspecified atom stereocenters. The highest BCUT2D eigenvalue weighted by Gasteiger charge is 2.17. The second-order valence-electron chi connectivity index (χ2n) is 4.02. The number of primary amides is 2. The maximum atomic E-state index is 12.1. The Morgan fingerprint density at radius 2 is 1.91 bits per heavy atom. The zero-order valence-electron chi connectivity index (χ0n) is 10.9. The van der Waals surface area contributed by atoms with Gasteiger partial charge in [0.05, 0.1) is 21.2 Å². The lowest BCUT2D eigenvalue weighted by Crippen LogP contribution is -2.21. The van der Waals surface area contributed by atoms with Crippen LogP contribution in [0.4, 0.5) is 14.8 Å². The van der Waals surface area contributed by atoms with Crippen molar-refractivity contribution in [3.8, 4) is 0 Å². The third-order valence-electron chi connectivity index (χ3n) is 2.49. The highest BCUT2D eigenvalue weighted by atomic mass is 35.5. The monoisotopic (exact) mass is 339 g/mol. The molecule has 8 nitrogen and oxygen atoms in total. The lowest BCUT2D eigenvalue weighted by Gasteiger charge is -2.03. The summed E-state index contributed by atoms with van der Waals surface area (Å²) in [6, 6.07) is 1.94. The fraction of sp³-hybridized carbons (Fsp3) is 0. The van der Waals surface area contributed by atoms with Gasteiger partial charge in [0.25, 0.3) is 11.8 Å². The van der Waals surface area contributed by atoms with Crippen molar-refractivity contribution in [2.75, 3.05) is 10.6 Å². The summed E-state index contributed by atoms with van der Waals surface area (Å²) in [5.74, 6) is -1.25. The SMILES string of the molecule is NC(=O)Nc1sc(NC(=O)c2ccncc2Cl)cc1C(N)=O. The fourth-order valence-corrected chi connectivity index (χ4v) is 2.75. The summed E-state index contributed by atoms with van der Waals surface area (Å²) in [4.78, 5) is 38.1. The maximum Gasteiger partial charge on any atom is 0.317 e. The van der Waals surface area contributed by atoms with Crippen molar-refractivity contribution in [2.24, 2.45) is 11.5 Å². The first-order valence-electron chi connectivity index (χ1n) is 5.79. The van der Waals surface area contributed by atoms with Crippen molar-refractivity contribution in [1.29, 1.82) is 0 Å². The van der Waals surface area contributed by atoms with Gasteiger partial charge in [-0.15, -0.1) is 0 Å². The number of pyridine rings is 1. The number of anilines is 2. The van der Waals surface area contributed by atoms with Crippen molar-refractivity contribution in [2.45, 2.75) is 0 Å². The average Bonchev–Trinajstić information content (AvgIpc) is 2.81. The Labute approximate surface area is 133 Å². The molecule has 0 saturated heterocycles. The van der Waals surface area contributed by atoms with Gasteiger partial charge in [-0.2, -0.15) is 0 Å². The first-order chi connectivity index (χ1) is 10.4. The number of aromatic nitrogens is 1.